The first kappa shape index (κ1) is 16.1. The fraction of sp³-hybridized carbons (Fsp3) is 0.333. The molecule has 0 bridgehead atoms. The van der Waals surface area contributed by atoms with Crippen molar-refractivity contribution in [1.82, 2.24) is 4.98 Å². The predicted octanol–water partition coefficient (Wildman–Crippen LogP) is 1.83. The van der Waals surface area contributed by atoms with E-state index in [0.29, 0.717) is 35.5 Å². The summed E-state index contributed by atoms with van der Waals surface area (Å²) in [6.45, 7) is 4.63. The van der Waals surface area contributed by atoms with Crippen LogP contribution in [-0.2, 0) is 6.54 Å². The molecule has 0 spiro atoms. The van der Waals surface area contributed by atoms with Crippen molar-refractivity contribution >= 4 is 22.4 Å². The van der Waals surface area contributed by atoms with Crippen molar-refractivity contribution in [1.29, 1.82) is 0 Å². The summed E-state index contributed by atoms with van der Waals surface area (Å²) in [4.78, 5) is 15.2. The van der Waals surface area contributed by atoms with Gasteiger partial charge in [-0.05, 0) is 31.5 Å². The Kier molecular flexibility index (Phi) is 5.21. The second kappa shape index (κ2) is 7.13. The van der Waals surface area contributed by atoms with Crippen molar-refractivity contribution in [2.45, 2.75) is 20.4 Å². The number of carbonyl (C=O) groups excluding carboxylic acids is 1. The number of carboxylic acids is 1. The van der Waals surface area contributed by atoms with Crippen LogP contribution in [0.2, 0.25) is 0 Å². The molecular formula is C15H17N2O4S-. The number of anilines is 1. The van der Waals surface area contributed by atoms with Crippen LogP contribution >= 0.6 is 11.3 Å². The molecule has 1 aromatic carbocycles. The molecule has 7 heteroatoms. The Bertz CT molecular complexity index is 670. The molecule has 118 valence electrons. The minimum atomic E-state index is -1.20. The molecule has 0 aliphatic carbocycles. The van der Waals surface area contributed by atoms with E-state index in [1.165, 1.54) is 0 Å². The molecule has 0 saturated carbocycles. The molecule has 1 heterocycles. The number of aromatic carboxylic acids is 1. The van der Waals surface area contributed by atoms with E-state index in [-0.39, 0.29) is 4.88 Å². The zero-order valence-electron chi connectivity index (χ0n) is 12.6. The monoisotopic (exact) mass is 321 g/mol. The van der Waals surface area contributed by atoms with Crippen molar-refractivity contribution in [2.24, 2.45) is 0 Å². The molecule has 0 aliphatic rings. The molecule has 0 unspecified atom stereocenters. The summed E-state index contributed by atoms with van der Waals surface area (Å²) in [5, 5.41) is 14.5. The first-order valence-corrected chi connectivity index (χ1v) is 7.59. The number of nitrogens with one attached hydrogen (secondary N) is 1. The van der Waals surface area contributed by atoms with Crippen molar-refractivity contribution in [2.75, 3.05) is 19.0 Å². The Hall–Kier alpha value is -2.28. The largest absolute Gasteiger partial charge is 0.544 e. The molecule has 1 N–H and O–H groups in total. The fourth-order valence-corrected chi connectivity index (χ4v) is 2.73. The van der Waals surface area contributed by atoms with Gasteiger partial charge in [0.25, 0.3) is 0 Å². The SMILES string of the molecule is CCOc1ccc(CNc2nc(C)c(C(=O)[O-])s2)cc1OC. The topological polar surface area (TPSA) is 83.5 Å². The van der Waals surface area contributed by atoms with Crippen LogP contribution in [0.1, 0.15) is 27.9 Å². The molecule has 0 saturated heterocycles. The molecule has 22 heavy (non-hydrogen) atoms. The highest BCUT2D eigenvalue weighted by Gasteiger charge is 2.09. The van der Waals surface area contributed by atoms with Gasteiger partial charge in [0.1, 0.15) is 0 Å². The van der Waals surface area contributed by atoms with Gasteiger partial charge in [-0.2, -0.15) is 0 Å². The Morgan fingerprint density at radius 2 is 2.18 bits per heavy atom. The lowest BCUT2D eigenvalue weighted by molar-refractivity contribution is -0.254. The summed E-state index contributed by atoms with van der Waals surface area (Å²) in [5.74, 6) is 0.149. The van der Waals surface area contributed by atoms with Crippen LogP contribution in [0.3, 0.4) is 0 Å². The lowest BCUT2D eigenvalue weighted by Gasteiger charge is -2.11. The van der Waals surface area contributed by atoms with Crippen molar-refractivity contribution < 1.29 is 19.4 Å². The Morgan fingerprint density at radius 3 is 2.77 bits per heavy atom. The minimum Gasteiger partial charge on any atom is -0.544 e. The van der Waals surface area contributed by atoms with Crippen molar-refractivity contribution in [3.05, 3.63) is 34.3 Å². The maximum Gasteiger partial charge on any atom is 0.183 e. The van der Waals surface area contributed by atoms with Crippen LogP contribution < -0.4 is 19.9 Å². The molecule has 0 radical (unpaired) electrons. The van der Waals surface area contributed by atoms with E-state index in [0.717, 1.165) is 16.9 Å². The third kappa shape index (κ3) is 3.67. The zero-order chi connectivity index (χ0) is 16.1. The first-order chi connectivity index (χ1) is 10.5. The van der Waals surface area contributed by atoms with Gasteiger partial charge in [-0.3, -0.25) is 0 Å². The number of carbonyl (C=O) groups is 1. The first-order valence-electron chi connectivity index (χ1n) is 6.77. The number of nitrogens with zero attached hydrogens (tertiary/aromatic N) is 1. The van der Waals surface area contributed by atoms with E-state index >= 15 is 0 Å². The number of thiazole rings is 1. The Balaban J connectivity index is 2.08. The van der Waals surface area contributed by atoms with Gasteiger partial charge in [-0.1, -0.05) is 17.4 Å². The normalized spacial score (nSPS) is 10.3. The van der Waals surface area contributed by atoms with Gasteiger partial charge in [0, 0.05) is 6.54 Å². The predicted molar refractivity (Wildman–Crippen MR) is 82.7 cm³/mol. The number of hydrogen-bond donors (Lipinski definition) is 1. The average molecular weight is 321 g/mol. The van der Waals surface area contributed by atoms with Crippen LogP contribution in [0.5, 0.6) is 11.5 Å². The summed E-state index contributed by atoms with van der Waals surface area (Å²) < 4.78 is 10.8. The van der Waals surface area contributed by atoms with E-state index in [9.17, 15) is 9.90 Å². The molecule has 0 atom stereocenters. The lowest BCUT2D eigenvalue weighted by atomic mass is 10.2. The highest BCUT2D eigenvalue weighted by molar-refractivity contribution is 7.17. The third-order valence-electron chi connectivity index (χ3n) is 2.95. The van der Waals surface area contributed by atoms with E-state index in [2.05, 4.69) is 10.3 Å². The van der Waals surface area contributed by atoms with Gasteiger partial charge >= 0.3 is 0 Å². The summed E-state index contributed by atoms with van der Waals surface area (Å²) in [5.41, 5.74) is 1.43. The summed E-state index contributed by atoms with van der Waals surface area (Å²) in [6.07, 6.45) is 0. The maximum atomic E-state index is 10.9. The van der Waals surface area contributed by atoms with Gasteiger partial charge in [-0.15, -0.1) is 0 Å². The van der Waals surface area contributed by atoms with Gasteiger partial charge in [-0.25, -0.2) is 4.98 Å². The van der Waals surface area contributed by atoms with Gasteiger partial charge < -0.3 is 24.7 Å². The van der Waals surface area contributed by atoms with Crippen LogP contribution in [0.25, 0.3) is 0 Å². The molecule has 2 rings (SSSR count). The Morgan fingerprint density at radius 1 is 1.41 bits per heavy atom. The number of carboxylic acid groups (broad SMARTS) is 1. The highest BCUT2D eigenvalue weighted by atomic mass is 32.1. The standard InChI is InChI=1S/C15H18N2O4S/c1-4-21-11-6-5-10(7-12(11)20-3)8-16-15-17-9(2)13(22-15)14(18)19/h5-7H,4,8H2,1-3H3,(H,16,17)(H,18,19)/p-1. The van der Waals surface area contributed by atoms with Crippen molar-refractivity contribution in [3.8, 4) is 11.5 Å². The molecule has 0 fully saturated rings. The number of ether oxygens (including phenoxy) is 2. The smallest absolute Gasteiger partial charge is 0.183 e. The van der Waals surface area contributed by atoms with Crippen LogP contribution in [-0.4, -0.2) is 24.7 Å². The third-order valence-corrected chi connectivity index (χ3v) is 4.05. The zero-order valence-corrected chi connectivity index (χ0v) is 13.5. The number of aromatic nitrogens is 1. The molecule has 0 aliphatic heterocycles. The van der Waals surface area contributed by atoms with E-state index in [1.807, 2.05) is 25.1 Å². The Labute approximate surface area is 132 Å². The molecule has 1 aromatic heterocycles. The molecule has 6 nitrogen and oxygen atoms in total. The van der Waals surface area contributed by atoms with Gasteiger partial charge in [0.05, 0.1) is 30.3 Å². The highest BCUT2D eigenvalue weighted by Crippen LogP contribution is 2.29. The van der Waals surface area contributed by atoms with Crippen LogP contribution in [0, 0.1) is 6.92 Å². The summed E-state index contributed by atoms with van der Waals surface area (Å²) >= 11 is 1.07. The van der Waals surface area contributed by atoms with E-state index < -0.39 is 5.97 Å². The minimum absolute atomic E-state index is 0.145. The van der Waals surface area contributed by atoms with Gasteiger partial charge in [0.2, 0.25) is 0 Å². The number of benzene rings is 1. The fourth-order valence-electron chi connectivity index (χ4n) is 1.94. The molecule has 2 aromatic rings. The second-order valence-electron chi connectivity index (χ2n) is 4.49. The summed E-state index contributed by atoms with van der Waals surface area (Å²) in [6, 6.07) is 5.64. The number of hydrogen-bond acceptors (Lipinski definition) is 7. The van der Waals surface area contributed by atoms with Crippen LogP contribution in [0.15, 0.2) is 18.2 Å². The maximum absolute atomic E-state index is 10.9. The number of methoxy groups -OCH3 is 1. The van der Waals surface area contributed by atoms with E-state index in [1.54, 1.807) is 14.0 Å². The number of aryl methyl sites for hydroxylation is 1. The average Bonchev–Trinajstić information content (AvgIpc) is 2.87. The summed E-state index contributed by atoms with van der Waals surface area (Å²) in [7, 11) is 1.59. The lowest BCUT2D eigenvalue weighted by Crippen LogP contribution is -2.21. The van der Waals surface area contributed by atoms with Crippen molar-refractivity contribution in [3.63, 3.8) is 0 Å². The van der Waals surface area contributed by atoms with Crippen LogP contribution in [0.4, 0.5) is 5.13 Å². The quantitative estimate of drug-likeness (QED) is 0.837. The van der Waals surface area contributed by atoms with Gasteiger partial charge in [0.15, 0.2) is 16.6 Å². The molecule has 0 amide bonds. The molecular weight excluding hydrogens is 304 g/mol. The number of rotatable bonds is 7. The van der Waals surface area contributed by atoms with E-state index in [4.69, 9.17) is 9.47 Å². The second-order valence-corrected chi connectivity index (χ2v) is 5.49.